The van der Waals surface area contributed by atoms with Gasteiger partial charge < -0.3 is 14.0 Å². The summed E-state index contributed by atoms with van der Waals surface area (Å²) in [6.07, 6.45) is 2.42. The van der Waals surface area contributed by atoms with Crippen molar-refractivity contribution in [3.8, 4) is 12.0 Å². The molecule has 0 spiro atoms. The fourth-order valence-corrected chi connectivity index (χ4v) is 0.495. The second-order valence-corrected chi connectivity index (χ2v) is 1.67. The third kappa shape index (κ3) is 5.77. The van der Waals surface area contributed by atoms with Crippen molar-refractivity contribution >= 4 is 7.32 Å². The zero-order valence-corrected chi connectivity index (χ0v) is 7.22. The lowest BCUT2D eigenvalue weighted by Crippen LogP contribution is -2.25. The van der Waals surface area contributed by atoms with Crippen LogP contribution in [-0.2, 0) is 14.0 Å². The lowest BCUT2D eigenvalue weighted by Gasteiger charge is -2.07. The molecule has 0 rings (SSSR count). The van der Waals surface area contributed by atoms with E-state index < -0.39 is 7.32 Å². The average Bonchev–Trinajstić information content (AvgIpc) is 2.01. The highest BCUT2D eigenvalue weighted by Crippen LogP contribution is 1.90. The second kappa shape index (κ2) is 7.45. The second-order valence-electron chi connectivity index (χ2n) is 1.67. The Morgan fingerprint density at radius 3 is 2.09 bits per heavy atom. The Bertz CT molecular complexity index is 132. The van der Waals surface area contributed by atoms with Crippen molar-refractivity contribution in [3.63, 3.8) is 0 Å². The summed E-state index contributed by atoms with van der Waals surface area (Å²) in [4.78, 5) is 0. The number of rotatable bonds is 5. The van der Waals surface area contributed by atoms with Gasteiger partial charge in [0.25, 0.3) is 0 Å². The maximum absolute atomic E-state index is 5.04. The highest BCUT2D eigenvalue weighted by molar-refractivity contribution is 6.36. The van der Waals surface area contributed by atoms with Crippen molar-refractivity contribution in [2.75, 3.05) is 13.2 Å². The van der Waals surface area contributed by atoms with Crippen molar-refractivity contribution in [1.82, 2.24) is 0 Å². The van der Waals surface area contributed by atoms with Gasteiger partial charge in [0, 0.05) is 20.1 Å². The van der Waals surface area contributed by atoms with Gasteiger partial charge in [0.05, 0.1) is 6.11 Å². The van der Waals surface area contributed by atoms with Gasteiger partial charge in [0.15, 0.2) is 0 Å². The monoisotopic (exact) mass is 156 g/mol. The van der Waals surface area contributed by atoms with Crippen molar-refractivity contribution in [1.29, 1.82) is 0 Å². The number of hydrogen-bond acceptors (Lipinski definition) is 3. The van der Waals surface area contributed by atoms with Gasteiger partial charge in [0.2, 0.25) is 0 Å². The predicted octanol–water partition coefficient (Wildman–Crippen LogP) is 1.04. The van der Waals surface area contributed by atoms with E-state index >= 15 is 0 Å². The Labute approximate surface area is 68.2 Å². The van der Waals surface area contributed by atoms with Gasteiger partial charge in [-0.2, -0.15) is 0 Å². The summed E-state index contributed by atoms with van der Waals surface area (Å²) in [6, 6.07) is 0. The minimum atomic E-state index is -0.641. The molecule has 11 heavy (non-hydrogen) atoms. The van der Waals surface area contributed by atoms with Crippen molar-refractivity contribution < 1.29 is 14.0 Å². The topological polar surface area (TPSA) is 27.7 Å². The zero-order valence-electron chi connectivity index (χ0n) is 7.22. The Kier molecular flexibility index (Phi) is 7.01. The van der Waals surface area contributed by atoms with E-state index in [1.807, 2.05) is 13.8 Å². The molecule has 0 N–H and O–H groups in total. The molecule has 0 saturated carbocycles. The van der Waals surface area contributed by atoms with Crippen LogP contribution >= 0.6 is 0 Å². The first-order chi connectivity index (χ1) is 5.35. The molecule has 0 radical (unpaired) electrons. The van der Waals surface area contributed by atoms with Crippen LogP contribution in [0.5, 0.6) is 0 Å². The summed E-state index contributed by atoms with van der Waals surface area (Å²) in [5, 5.41) is 0. The van der Waals surface area contributed by atoms with Crippen LogP contribution in [0.4, 0.5) is 0 Å². The molecule has 0 fully saturated rings. The quantitative estimate of drug-likeness (QED) is 0.439. The van der Waals surface area contributed by atoms with Crippen LogP contribution in [0, 0.1) is 12.0 Å². The maximum atomic E-state index is 5.04. The van der Waals surface area contributed by atoms with Gasteiger partial charge in [-0.1, -0.05) is 5.92 Å². The van der Waals surface area contributed by atoms with Gasteiger partial charge >= 0.3 is 7.32 Å². The Balaban J connectivity index is 3.56. The van der Waals surface area contributed by atoms with Crippen LogP contribution in [0.2, 0.25) is 0 Å². The van der Waals surface area contributed by atoms with Crippen LogP contribution in [0.25, 0.3) is 0 Å². The van der Waals surface area contributed by atoms with E-state index in [0.717, 1.165) is 0 Å². The molecule has 0 aliphatic carbocycles. The SMILES string of the molecule is CC#COB(OCC)OCC. The largest absolute Gasteiger partial charge is 0.721 e. The lowest BCUT2D eigenvalue weighted by molar-refractivity contribution is 0.143. The molecule has 0 heterocycles. The normalized spacial score (nSPS) is 8.27. The van der Waals surface area contributed by atoms with E-state index in [1.165, 1.54) is 0 Å². The lowest BCUT2D eigenvalue weighted by atomic mass is 10.2. The molecule has 0 aliphatic heterocycles. The zero-order chi connectivity index (χ0) is 8.53. The fraction of sp³-hybridized carbons (Fsp3) is 0.714. The van der Waals surface area contributed by atoms with Crippen molar-refractivity contribution in [3.05, 3.63) is 0 Å². The summed E-state index contributed by atoms with van der Waals surface area (Å²) in [5.74, 6) is 2.58. The van der Waals surface area contributed by atoms with Crippen molar-refractivity contribution in [2.45, 2.75) is 20.8 Å². The van der Waals surface area contributed by atoms with Gasteiger partial charge in [-0.15, -0.1) is 0 Å². The van der Waals surface area contributed by atoms with Gasteiger partial charge in [-0.05, 0) is 13.8 Å². The average molecular weight is 156 g/mol. The Morgan fingerprint density at radius 1 is 1.18 bits per heavy atom. The van der Waals surface area contributed by atoms with Crippen LogP contribution in [-0.4, -0.2) is 20.5 Å². The molecule has 4 heteroatoms. The van der Waals surface area contributed by atoms with Crippen LogP contribution in [0.1, 0.15) is 20.8 Å². The molecule has 0 aromatic rings. The maximum Gasteiger partial charge on any atom is 0.721 e. The van der Waals surface area contributed by atoms with E-state index in [-0.39, 0.29) is 0 Å². The summed E-state index contributed by atoms with van der Waals surface area (Å²) < 4.78 is 14.9. The highest BCUT2D eigenvalue weighted by atomic mass is 16.7. The first-order valence-corrected chi connectivity index (χ1v) is 3.65. The first kappa shape index (κ1) is 10.3. The van der Waals surface area contributed by atoms with E-state index in [4.69, 9.17) is 14.0 Å². The molecule has 62 valence electrons. The van der Waals surface area contributed by atoms with Crippen LogP contribution in [0.3, 0.4) is 0 Å². The Morgan fingerprint density at radius 2 is 1.73 bits per heavy atom. The molecule has 0 aliphatic rings. The fourth-order valence-electron chi connectivity index (χ4n) is 0.495. The van der Waals surface area contributed by atoms with Crippen LogP contribution < -0.4 is 0 Å². The minimum Gasteiger partial charge on any atom is -0.462 e. The Hall–Kier alpha value is -0.655. The molecule has 0 bridgehead atoms. The predicted molar refractivity (Wildman–Crippen MR) is 43.5 cm³/mol. The molecule has 0 saturated heterocycles. The highest BCUT2D eigenvalue weighted by Gasteiger charge is 2.20. The minimum absolute atomic E-state index is 0.552. The first-order valence-electron chi connectivity index (χ1n) is 3.65. The van der Waals surface area contributed by atoms with E-state index in [2.05, 4.69) is 12.0 Å². The summed E-state index contributed by atoms with van der Waals surface area (Å²) >= 11 is 0. The smallest absolute Gasteiger partial charge is 0.462 e. The van der Waals surface area contributed by atoms with Gasteiger partial charge in [-0.25, -0.2) is 0 Å². The molecule has 0 aromatic heterocycles. The van der Waals surface area contributed by atoms with Crippen LogP contribution in [0.15, 0.2) is 0 Å². The molecule has 3 nitrogen and oxygen atoms in total. The summed E-state index contributed by atoms with van der Waals surface area (Å²) in [5.41, 5.74) is 0. The van der Waals surface area contributed by atoms with Gasteiger partial charge in [-0.3, -0.25) is 0 Å². The molecule has 0 aromatic carbocycles. The van der Waals surface area contributed by atoms with Gasteiger partial charge in [0.1, 0.15) is 0 Å². The third-order valence-corrected chi connectivity index (χ3v) is 0.863. The molecule has 0 amide bonds. The van der Waals surface area contributed by atoms with E-state index in [9.17, 15) is 0 Å². The standard InChI is InChI=1S/C7H13BO3/c1-4-7-11-8(9-5-2)10-6-3/h5-6H2,1-3H3. The third-order valence-electron chi connectivity index (χ3n) is 0.863. The molecular formula is C7H13BO3. The summed E-state index contributed by atoms with van der Waals surface area (Å²) in [7, 11) is -0.641. The summed E-state index contributed by atoms with van der Waals surface area (Å²) in [6.45, 7) is 6.53. The van der Waals surface area contributed by atoms with E-state index in [0.29, 0.717) is 13.2 Å². The molecule has 0 atom stereocenters. The van der Waals surface area contributed by atoms with Crippen molar-refractivity contribution in [2.24, 2.45) is 0 Å². The molecule has 0 unspecified atom stereocenters. The van der Waals surface area contributed by atoms with E-state index in [1.54, 1.807) is 6.92 Å². The number of hydrogen-bond donors (Lipinski definition) is 0. The molecular weight excluding hydrogens is 143 g/mol.